The van der Waals surface area contributed by atoms with Gasteiger partial charge >= 0.3 is 0 Å². The van der Waals surface area contributed by atoms with Crippen LogP contribution in [0.2, 0.25) is 0 Å². The fraction of sp³-hybridized carbons (Fsp3) is 1.00. The quantitative estimate of drug-likeness (QED) is 0.720. The minimum absolute atomic E-state index is 0.0348. The fourth-order valence-corrected chi connectivity index (χ4v) is 4.81. The Hall–Kier alpha value is 0.220. The van der Waals surface area contributed by atoms with E-state index in [0.717, 1.165) is 38.6 Å². The maximum Gasteiger partial charge on any atom is 0.213 e. The molecule has 0 amide bonds. The van der Waals surface area contributed by atoms with Crippen LogP contribution < -0.4 is 10.0 Å². The van der Waals surface area contributed by atoms with Crippen molar-refractivity contribution in [3.8, 4) is 0 Å². The van der Waals surface area contributed by atoms with Crippen LogP contribution in [0.5, 0.6) is 0 Å². The van der Waals surface area contributed by atoms with E-state index in [1.165, 1.54) is 0 Å². The number of hydrogen-bond donors (Lipinski definition) is 2. The molecule has 1 heterocycles. The summed E-state index contributed by atoms with van der Waals surface area (Å²) < 4.78 is 27.1. The van der Waals surface area contributed by atoms with Crippen LogP contribution in [-0.2, 0) is 10.0 Å². The molecule has 0 aromatic rings. The summed E-state index contributed by atoms with van der Waals surface area (Å²) in [6, 6.07) is 0.123. The summed E-state index contributed by atoms with van der Waals surface area (Å²) in [5.74, 6) is 0.213. The minimum Gasteiger partial charge on any atom is -0.313 e. The van der Waals surface area contributed by atoms with E-state index in [0.29, 0.717) is 6.54 Å². The van der Waals surface area contributed by atoms with Crippen LogP contribution in [-0.4, -0.2) is 44.3 Å². The van der Waals surface area contributed by atoms with Crippen molar-refractivity contribution in [2.75, 3.05) is 25.1 Å². The average Bonchev–Trinajstić information content (AvgIpc) is 2.41. The number of piperidine rings is 1. The summed E-state index contributed by atoms with van der Waals surface area (Å²) >= 11 is 1.76. The molecule has 114 valence electrons. The van der Waals surface area contributed by atoms with Gasteiger partial charge < -0.3 is 5.32 Å². The molecule has 0 radical (unpaired) electrons. The van der Waals surface area contributed by atoms with Crippen molar-refractivity contribution < 1.29 is 8.42 Å². The predicted molar refractivity (Wildman–Crippen MR) is 84.3 cm³/mol. The zero-order valence-electron chi connectivity index (χ0n) is 12.4. The number of rotatable bonds is 8. The first-order valence-corrected chi connectivity index (χ1v) is 10.1. The van der Waals surface area contributed by atoms with Gasteiger partial charge in [0, 0.05) is 17.3 Å². The average molecular weight is 309 g/mol. The lowest BCUT2D eigenvalue weighted by molar-refractivity contribution is 0.421. The molecule has 1 aliphatic heterocycles. The molecule has 0 spiro atoms. The predicted octanol–water partition coefficient (Wildman–Crippen LogP) is 1.97. The molecule has 0 bridgehead atoms. The SMILES string of the molecule is CCC(CC)(CNS(=O)(=O)CC1CCCCN1)SC. The summed E-state index contributed by atoms with van der Waals surface area (Å²) in [5, 5.41) is 3.29. The minimum atomic E-state index is -3.17. The van der Waals surface area contributed by atoms with Gasteiger partial charge in [0.15, 0.2) is 0 Å². The second-order valence-electron chi connectivity index (χ2n) is 5.34. The first kappa shape index (κ1) is 17.3. The Morgan fingerprint density at radius 2 is 2.00 bits per heavy atom. The Bertz CT molecular complexity index is 339. The zero-order valence-corrected chi connectivity index (χ0v) is 14.0. The van der Waals surface area contributed by atoms with Gasteiger partial charge in [0.1, 0.15) is 0 Å². The third kappa shape index (κ3) is 5.61. The van der Waals surface area contributed by atoms with Crippen LogP contribution >= 0.6 is 11.8 Å². The van der Waals surface area contributed by atoms with E-state index < -0.39 is 10.0 Å². The lowest BCUT2D eigenvalue weighted by Crippen LogP contribution is -2.46. The molecule has 1 rings (SSSR count). The lowest BCUT2D eigenvalue weighted by Gasteiger charge is -2.30. The van der Waals surface area contributed by atoms with Crippen molar-refractivity contribution in [2.45, 2.75) is 56.7 Å². The number of thioether (sulfide) groups is 1. The lowest BCUT2D eigenvalue weighted by atomic mass is 10.0. The molecule has 2 N–H and O–H groups in total. The summed E-state index contributed by atoms with van der Waals surface area (Å²) in [6.07, 6.45) is 7.28. The van der Waals surface area contributed by atoms with Gasteiger partial charge in [0.05, 0.1) is 5.75 Å². The van der Waals surface area contributed by atoms with E-state index in [1.54, 1.807) is 11.8 Å². The highest BCUT2D eigenvalue weighted by Crippen LogP contribution is 2.29. The summed E-state index contributed by atoms with van der Waals surface area (Å²) in [5.41, 5.74) is 0. The third-order valence-corrected chi connectivity index (χ3v) is 7.18. The van der Waals surface area contributed by atoms with Crippen LogP contribution in [0.1, 0.15) is 46.0 Å². The van der Waals surface area contributed by atoms with Gasteiger partial charge in [-0.05, 0) is 38.5 Å². The van der Waals surface area contributed by atoms with Crippen molar-refractivity contribution in [3.05, 3.63) is 0 Å². The second-order valence-corrected chi connectivity index (χ2v) is 8.47. The van der Waals surface area contributed by atoms with Crippen molar-refractivity contribution in [1.29, 1.82) is 0 Å². The molecule has 6 heteroatoms. The van der Waals surface area contributed by atoms with Crippen LogP contribution in [0.25, 0.3) is 0 Å². The molecule has 4 nitrogen and oxygen atoms in total. The summed E-state index contributed by atoms with van der Waals surface area (Å²) in [7, 11) is -3.17. The molecule has 0 aromatic heterocycles. The van der Waals surface area contributed by atoms with E-state index in [9.17, 15) is 8.42 Å². The standard InChI is InChI=1S/C13H28N2O2S2/c1-4-13(5-2,18-3)11-15-19(16,17)10-12-8-6-7-9-14-12/h12,14-15H,4-11H2,1-3H3. The molecule has 19 heavy (non-hydrogen) atoms. The maximum atomic E-state index is 12.1. The van der Waals surface area contributed by atoms with Gasteiger partial charge in [0.2, 0.25) is 10.0 Å². The largest absolute Gasteiger partial charge is 0.313 e. The van der Waals surface area contributed by atoms with Gasteiger partial charge in [-0.25, -0.2) is 13.1 Å². The van der Waals surface area contributed by atoms with Gasteiger partial charge in [0.25, 0.3) is 0 Å². The Balaban J connectivity index is 2.49. The van der Waals surface area contributed by atoms with Gasteiger partial charge in [-0.1, -0.05) is 20.3 Å². The molecule has 0 aliphatic carbocycles. The molecule has 1 atom stereocenters. The first-order chi connectivity index (χ1) is 8.97. The first-order valence-electron chi connectivity index (χ1n) is 7.23. The molecule has 1 fully saturated rings. The number of sulfonamides is 1. The molecule has 0 saturated carbocycles. The van der Waals surface area contributed by atoms with Crippen LogP contribution in [0.3, 0.4) is 0 Å². The molecule has 1 saturated heterocycles. The monoisotopic (exact) mass is 308 g/mol. The Morgan fingerprint density at radius 1 is 1.32 bits per heavy atom. The highest BCUT2D eigenvalue weighted by atomic mass is 32.2. The summed E-state index contributed by atoms with van der Waals surface area (Å²) in [4.78, 5) is 0. The van der Waals surface area contributed by atoms with E-state index in [1.807, 2.05) is 0 Å². The van der Waals surface area contributed by atoms with Gasteiger partial charge in [-0.3, -0.25) is 0 Å². The molecular weight excluding hydrogens is 280 g/mol. The number of hydrogen-bond acceptors (Lipinski definition) is 4. The van der Waals surface area contributed by atoms with E-state index in [2.05, 4.69) is 30.1 Å². The molecule has 0 aromatic carbocycles. The highest BCUT2D eigenvalue weighted by molar-refractivity contribution is 8.00. The zero-order chi connectivity index (χ0) is 14.4. The number of nitrogens with one attached hydrogen (secondary N) is 2. The Kier molecular flexibility index (Phi) is 7.14. The van der Waals surface area contributed by atoms with Crippen LogP contribution in [0.4, 0.5) is 0 Å². The van der Waals surface area contributed by atoms with Crippen molar-refractivity contribution >= 4 is 21.8 Å². The van der Waals surface area contributed by atoms with E-state index in [-0.39, 0.29) is 16.5 Å². The van der Waals surface area contributed by atoms with E-state index >= 15 is 0 Å². The molecule has 1 aliphatic rings. The maximum absolute atomic E-state index is 12.1. The molecule has 1 unspecified atom stereocenters. The van der Waals surface area contributed by atoms with Gasteiger partial charge in [-0.2, -0.15) is 11.8 Å². The second kappa shape index (κ2) is 7.86. The smallest absolute Gasteiger partial charge is 0.213 e. The summed E-state index contributed by atoms with van der Waals surface area (Å²) in [6.45, 7) is 5.73. The van der Waals surface area contributed by atoms with E-state index in [4.69, 9.17) is 0 Å². The Morgan fingerprint density at radius 3 is 2.47 bits per heavy atom. The van der Waals surface area contributed by atoms with Crippen LogP contribution in [0.15, 0.2) is 0 Å². The van der Waals surface area contributed by atoms with Gasteiger partial charge in [-0.15, -0.1) is 0 Å². The Labute approximate surface area is 122 Å². The van der Waals surface area contributed by atoms with Crippen molar-refractivity contribution in [2.24, 2.45) is 0 Å². The third-order valence-electron chi connectivity index (χ3n) is 4.17. The van der Waals surface area contributed by atoms with Crippen LogP contribution in [0, 0.1) is 0 Å². The normalized spacial score (nSPS) is 21.5. The fourth-order valence-electron chi connectivity index (χ4n) is 2.49. The topological polar surface area (TPSA) is 58.2 Å². The highest BCUT2D eigenvalue weighted by Gasteiger charge is 2.28. The van der Waals surface area contributed by atoms with Crippen molar-refractivity contribution in [1.82, 2.24) is 10.0 Å². The molecular formula is C13H28N2O2S2. The van der Waals surface area contributed by atoms with Crippen molar-refractivity contribution in [3.63, 3.8) is 0 Å².